The van der Waals surface area contributed by atoms with Crippen LogP contribution in [0.5, 0.6) is 0 Å². The molecule has 0 saturated carbocycles. The minimum absolute atomic E-state index is 0.135. The van der Waals surface area contributed by atoms with Crippen molar-refractivity contribution in [3.8, 4) is 0 Å². The van der Waals surface area contributed by atoms with Gasteiger partial charge in [-0.2, -0.15) is 5.10 Å². The van der Waals surface area contributed by atoms with Gasteiger partial charge in [0.05, 0.1) is 23.8 Å². The number of hydrogen-bond acceptors (Lipinski definition) is 5. The highest BCUT2D eigenvalue weighted by atomic mass is 35.5. The Hall–Kier alpha value is -4.04. The fraction of sp³-hybridized carbons (Fsp3) is 0.185. The lowest BCUT2D eigenvalue weighted by Crippen LogP contribution is -2.23. The van der Waals surface area contributed by atoms with Gasteiger partial charge in [0.15, 0.2) is 5.82 Å². The average molecular weight is 506 g/mol. The van der Waals surface area contributed by atoms with Crippen LogP contribution in [0.25, 0.3) is 5.57 Å². The van der Waals surface area contributed by atoms with E-state index in [9.17, 15) is 9.18 Å². The van der Waals surface area contributed by atoms with Crippen LogP contribution in [0.2, 0.25) is 5.02 Å². The summed E-state index contributed by atoms with van der Waals surface area (Å²) in [6.45, 7) is 8.69. The highest BCUT2D eigenvalue weighted by molar-refractivity contribution is 6.32. The first-order valence-electron chi connectivity index (χ1n) is 11.2. The van der Waals surface area contributed by atoms with Crippen molar-refractivity contribution >= 4 is 22.9 Å². The quantitative estimate of drug-likeness (QED) is 0.337. The van der Waals surface area contributed by atoms with Gasteiger partial charge in [-0.1, -0.05) is 30.3 Å². The minimum atomic E-state index is -0.804. The first kappa shape index (κ1) is 25.1. The summed E-state index contributed by atoms with van der Waals surface area (Å²) in [6, 6.07) is 4.49. The predicted molar refractivity (Wildman–Crippen MR) is 139 cm³/mol. The van der Waals surface area contributed by atoms with E-state index in [0.717, 1.165) is 34.1 Å². The number of nitrogens with zero attached hydrogens (tertiary/aromatic N) is 4. The Kier molecular flexibility index (Phi) is 7.75. The first-order valence-corrected chi connectivity index (χ1v) is 11.6. The number of pyridine rings is 2. The Bertz CT molecular complexity index is 1480. The van der Waals surface area contributed by atoms with E-state index in [0.29, 0.717) is 28.7 Å². The maximum atomic E-state index is 13.7. The molecule has 3 aromatic heterocycles. The van der Waals surface area contributed by atoms with E-state index in [1.54, 1.807) is 18.5 Å². The molecule has 1 aliphatic heterocycles. The van der Waals surface area contributed by atoms with Gasteiger partial charge in [0.2, 0.25) is 0 Å². The number of aromatic amines is 1. The average Bonchev–Trinajstić information content (AvgIpc) is 3.28. The van der Waals surface area contributed by atoms with Gasteiger partial charge in [0, 0.05) is 35.4 Å². The zero-order valence-electron chi connectivity index (χ0n) is 20.0. The van der Waals surface area contributed by atoms with Gasteiger partial charge >= 0.3 is 0 Å². The molecule has 0 saturated heterocycles. The third kappa shape index (κ3) is 5.78. The normalized spacial score (nSPS) is 14.7. The summed E-state index contributed by atoms with van der Waals surface area (Å²) in [6.07, 6.45) is 12.3. The minimum Gasteiger partial charge on any atom is -0.489 e. The smallest absolute Gasteiger partial charge is 0.286 e. The molecule has 0 aliphatic carbocycles. The molecule has 3 aromatic rings. The highest BCUT2D eigenvalue weighted by Crippen LogP contribution is 2.30. The van der Waals surface area contributed by atoms with Crippen LogP contribution in [0.3, 0.4) is 0 Å². The van der Waals surface area contributed by atoms with E-state index in [1.807, 2.05) is 38.1 Å². The number of rotatable bonds is 8. The van der Waals surface area contributed by atoms with Gasteiger partial charge in [-0.15, -0.1) is 0 Å². The summed E-state index contributed by atoms with van der Waals surface area (Å²) in [5, 5.41) is 7.58. The van der Waals surface area contributed by atoms with E-state index in [-0.39, 0.29) is 13.2 Å². The van der Waals surface area contributed by atoms with Gasteiger partial charge < -0.3 is 9.30 Å². The molecule has 0 amide bonds. The van der Waals surface area contributed by atoms with E-state index >= 15 is 0 Å². The molecule has 0 unspecified atom stereocenters. The summed E-state index contributed by atoms with van der Waals surface area (Å²) in [7, 11) is 0. The molecular formula is C27H25ClFN5O2. The van der Waals surface area contributed by atoms with Crippen LogP contribution >= 0.6 is 11.6 Å². The van der Waals surface area contributed by atoms with Crippen molar-refractivity contribution in [2.45, 2.75) is 27.0 Å². The number of dihydropyridines is 1. The van der Waals surface area contributed by atoms with Crippen molar-refractivity contribution < 1.29 is 9.13 Å². The molecular weight excluding hydrogens is 481 g/mol. The molecule has 0 fully saturated rings. The highest BCUT2D eigenvalue weighted by Gasteiger charge is 2.17. The van der Waals surface area contributed by atoms with Crippen LogP contribution in [0.1, 0.15) is 29.4 Å². The summed E-state index contributed by atoms with van der Waals surface area (Å²) in [4.78, 5) is 21.0. The van der Waals surface area contributed by atoms with Crippen molar-refractivity contribution in [1.29, 1.82) is 0 Å². The van der Waals surface area contributed by atoms with Crippen molar-refractivity contribution in [1.82, 2.24) is 19.7 Å². The van der Waals surface area contributed by atoms with Crippen LogP contribution in [0.15, 0.2) is 88.8 Å². The number of aryl methyl sites for hydroxylation is 1. The standard InChI is InChI=1S/C27H25ClFN5O2/c1-17-9-10-30-25(15-34-11-5-8-24(29)27(34)35)22(17)16-36-19(3)6-4-7-20-13-31-18(2)12-21(20)26-23(28)14-32-33-26/h4-12,14H,3,13,15-16H2,1-2H3,(H,32,33)/b6-4-,20-7+. The number of aliphatic imine (C=N–C) groups is 1. The molecule has 4 rings (SSSR count). The number of H-pyrrole nitrogens is 1. The number of aromatic nitrogens is 4. The second kappa shape index (κ2) is 11.1. The van der Waals surface area contributed by atoms with Crippen molar-refractivity contribution in [2.24, 2.45) is 4.99 Å². The Morgan fingerprint density at radius 1 is 1.36 bits per heavy atom. The molecule has 4 heterocycles. The molecule has 0 atom stereocenters. The SMILES string of the molecule is C=C(/C=C\C=C1/CN=C(C)C=C1c1n[nH]cc1Cl)OCc1c(C)ccnc1Cn1cccc(F)c1=O. The molecule has 1 N–H and O–H groups in total. The lowest BCUT2D eigenvalue weighted by atomic mass is 9.98. The van der Waals surface area contributed by atoms with Crippen molar-refractivity contribution in [3.63, 3.8) is 0 Å². The van der Waals surface area contributed by atoms with Gasteiger partial charge in [-0.05, 0) is 55.3 Å². The topological polar surface area (TPSA) is 85.2 Å². The second-order valence-corrected chi connectivity index (χ2v) is 8.65. The van der Waals surface area contributed by atoms with E-state index in [2.05, 4.69) is 26.8 Å². The molecule has 0 spiro atoms. The molecule has 0 radical (unpaired) electrons. The zero-order chi connectivity index (χ0) is 25.7. The summed E-state index contributed by atoms with van der Waals surface area (Å²) in [5.74, 6) is -0.357. The number of ether oxygens (including phenoxy) is 1. The maximum Gasteiger partial charge on any atom is 0.286 e. The van der Waals surface area contributed by atoms with Gasteiger partial charge in [-0.3, -0.25) is 19.9 Å². The van der Waals surface area contributed by atoms with Crippen molar-refractivity contribution in [2.75, 3.05) is 6.54 Å². The number of hydrogen-bond donors (Lipinski definition) is 1. The first-order chi connectivity index (χ1) is 17.3. The van der Waals surface area contributed by atoms with Crippen molar-refractivity contribution in [3.05, 3.63) is 123 Å². The Labute approximate surface area is 213 Å². The molecule has 36 heavy (non-hydrogen) atoms. The van der Waals surface area contributed by atoms with Gasteiger partial charge in [0.1, 0.15) is 18.1 Å². The second-order valence-electron chi connectivity index (χ2n) is 8.25. The summed E-state index contributed by atoms with van der Waals surface area (Å²) in [5.41, 5.74) is 5.15. The van der Waals surface area contributed by atoms with E-state index in [4.69, 9.17) is 16.3 Å². The fourth-order valence-corrected chi connectivity index (χ4v) is 3.92. The Balaban J connectivity index is 1.45. The lowest BCUT2D eigenvalue weighted by Gasteiger charge is -2.14. The maximum absolute atomic E-state index is 13.7. The Morgan fingerprint density at radius 2 is 2.19 bits per heavy atom. The molecule has 9 heteroatoms. The summed E-state index contributed by atoms with van der Waals surface area (Å²) < 4.78 is 20.8. The van der Waals surface area contributed by atoms with Crippen LogP contribution in [-0.4, -0.2) is 32.0 Å². The number of halogens is 2. The zero-order valence-corrected chi connectivity index (χ0v) is 20.7. The van der Waals surface area contributed by atoms with Crippen LogP contribution in [0, 0.1) is 12.7 Å². The van der Waals surface area contributed by atoms with E-state index in [1.165, 1.54) is 16.8 Å². The third-order valence-electron chi connectivity index (χ3n) is 5.70. The molecule has 1 aliphatic rings. The molecule has 7 nitrogen and oxygen atoms in total. The number of nitrogens with one attached hydrogen (secondary N) is 1. The van der Waals surface area contributed by atoms with Crippen LogP contribution in [0.4, 0.5) is 4.39 Å². The fourth-order valence-electron chi connectivity index (χ4n) is 3.73. The molecule has 0 aromatic carbocycles. The Morgan fingerprint density at radius 3 is 2.97 bits per heavy atom. The van der Waals surface area contributed by atoms with Gasteiger partial charge in [0.25, 0.3) is 5.56 Å². The van der Waals surface area contributed by atoms with Crippen LogP contribution in [-0.2, 0) is 17.9 Å². The number of allylic oxidation sites excluding steroid dienone is 4. The third-order valence-corrected chi connectivity index (χ3v) is 5.99. The predicted octanol–water partition coefficient (Wildman–Crippen LogP) is 5.19. The van der Waals surface area contributed by atoms with Crippen LogP contribution < -0.4 is 5.56 Å². The van der Waals surface area contributed by atoms with Gasteiger partial charge in [-0.25, -0.2) is 4.39 Å². The lowest BCUT2D eigenvalue weighted by molar-refractivity contribution is 0.210. The largest absolute Gasteiger partial charge is 0.489 e. The monoisotopic (exact) mass is 505 g/mol. The molecule has 184 valence electrons. The molecule has 0 bridgehead atoms. The van der Waals surface area contributed by atoms with E-state index < -0.39 is 11.4 Å². The summed E-state index contributed by atoms with van der Waals surface area (Å²) >= 11 is 6.27.